The largest absolute Gasteiger partial charge is 0.491 e. The molecule has 0 radical (unpaired) electrons. The number of benzene rings is 2. The van der Waals surface area contributed by atoms with Crippen LogP contribution in [0.2, 0.25) is 0 Å². The zero-order chi connectivity index (χ0) is 25.9. The molecule has 3 rings (SSSR count). The van der Waals surface area contributed by atoms with Gasteiger partial charge in [-0.3, -0.25) is 19.2 Å². The Morgan fingerprint density at radius 2 is 1.75 bits per heavy atom. The Morgan fingerprint density at radius 3 is 2.50 bits per heavy atom. The molecule has 0 fully saturated rings. The van der Waals surface area contributed by atoms with Gasteiger partial charge in [-0.25, -0.2) is 0 Å². The number of amides is 4. The van der Waals surface area contributed by atoms with Crippen LogP contribution in [-0.4, -0.2) is 55.4 Å². The quantitative estimate of drug-likeness (QED) is 0.485. The number of para-hydroxylation sites is 1. The molecule has 2 atom stereocenters. The molecule has 0 aliphatic carbocycles. The molecule has 0 bridgehead atoms. The summed E-state index contributed by atoms with van der Waals surface area (Å²) in [6.45, 7) is 4.60. The van der Waals surface area contributed by atoms with Crippen LogP contribution in [0.25, 0.3) is 0 Å². The van der Waals surface area contributed by atoms with Crippen molar-refractivity contribution < 1.29 is 23.9 Å². The van der Waals surface area contributed by atoms with Crippen molar-refractivity contribution in [2.24, 2.45) is 5.92 Å². The highest BCUT2D eigenvalue weighted by molar-refractivity contribution is 6.01. The second-order valence-electron chi connectivity index (χ2n) is 9.14. The highest BCUT2D eigenvalue weighted by Crippen LogP contribution is 2.18. The summed E-state index contributed by atoms with van der Waals surface area (Å²) in [5.74, 6) is -1.35. The molecule has 2 aromatic carbocycles. The number of ether oxygens (including phenoxy) is 1. The van der Waals surface area contributed by atoms with E-state index in [1.54, 1.807) is 24.3 Å². The molecule has 1 heterocycles. The van der Waals surface area contributed by atoms with Crippen molar-refractivity contribution in [2.45, 2.75) is 45.2 Å². The Bertz CT molecular complexity index is 1060. The monoisotopic (exact) mass is 494 g/mol. The minimum absolute atomic E-state index is 0.141. The Hall–Kier alpha value is -3.88. The molecule has 4 N–H and O–H groups in total. The minimum atomic E-state index is -1.13. The van der Waals surface area contributed by atoms with Crippen LogP contribution in [0.5, 0.6) is 5.75 Å². The summed E-state index contributed by atoms with van der Waals surface area (Å²) in [7, 11) is 0. The first-order chi connectivity index (χ1) is 17.3. The van der Waals surface area contributed by atoms with E-state index in [1.165, 1.54) is 0 Å². The van der Waals surface area contributed by atoms with Gasteiger partial charge in [0.15, 0.2) is 0 Å². The maximum Gasteiger partial charge on any atom is 0.255 e. The van der Waals surface area contributed by atoms with Crippen LogP contribution >= 0.6 is 0 Å². The first-order valence-electron chi connectivity index (χ1n) is 12.2. The number of fused-ring (bicyclic) bond motifs is 1. The molecule has 0 saturated heterocycles. The Labute approximate surface area is 211 Å². The smallest absolute Gasteiger partial charge is 0.255 e. The van der Waals surface area contributed by atoms with Crippen molar-refractivity contribution in [3.8, 4) is 5.75 Å². The third-order valence-electron chi connectivity index (χ3n) is 5.72. The van der Waals surface area contributed by atoms with Gasteiger partial charge in [0, 0.05) is 6.54 Å². The van der Waals surface area contributed by atoms with Gasteiger partial charge in [0.1, 0.15) is 24.4 Å². The molecule has 4 amide bonds. The van der Waals surface area contributed by atoms with Gasteiger partial charge in [0.05, 0.1) is 18.5 Å². The number of carbonyl (C=O) groups excluding carboxylic acids is 4. The lowest BCUT2D eigenvalue weighted by Gasteiger charge is -2.23. The van der Waals surface area contributed by atoms with Gasteiger partial charge in [-0.1, -0.05) is 56.3 Å². The third kappa shape index (κ3) is 8.11. The van der Waals surface area contributed by atoms with Gasteiger partial charge in [0.2, 0.25) is 17.7 Å². The topological polar surface area (TPSA) is 126 Å². The highest BCUT2D eigenvalue weighted by Gasteiger charge is 2.28. The average molecular weight is 495 g/mol. The molecule has 9 heteroatoms. The molecule has 2 aromatic rings. The van der Waals surface area contributed by atoms with Crippen LogP contribution in [0.15, 0.2) is 54.6 Å². The van der Waals surface area contributed by atoms with Crippen LogP contribution < -0.4 is 26.0 Å². The fourth-order valence-electron chi connectivity index (χ4n) is 3.92. The van der Waals surface area contributed by atoms with Crippen LogP contribution in [-0.2, 0) is 20.8 Å². The summed E-state index contributed by atoms with van der Waals surface area (Å²) >= 11 is 0. The SMILES string of the molecule is CC(C)C[C@@H]1NC(=O)C[C@@H](C(=O)NCCc2ccccc2)NC(=O)c2ccccc2OCCNC1=O. The summed E-state index contributed by atoms with van der Waals surface area (Å²) in [4.78, 5) is 51.7. The molecule has 1 aliphatic rings. The zero-order valence-corrected chi connectivity index (χ0v) is 20.7. The second-order valence-corrected chi connectivity index (χ2v) is 9.14. The van der Waals surface area contributed by atoms with E-state index in [1.807, 2.05) is 44.2 Å². The first kappa shape index (κ1) is 26.7. The van der Waals surface area contributed by atoms with Gasteiger partial charge in [-0.2, -0.15) is 0 Å². The molecule has 0 saturated carbocycles. The normalized spacial score (nSPS) is 19.1. The predicted molar refractivity (Wildman–Crippen MR) is 135 cm³/mol. The number of rotatable bonds is 6. The molecule has 0 spiro atoms. The first-order valence-corrected chi connectivity index (χ1v) is 12.2. The van der Waals surface area contributed by atoms with E-state index in [4.69, 9.17) is 4.74 Å². The van der Waals surface area contributed by atoms with E-state index < -0.39 is 29.8 Å². The van der Waals surface area contributed by atoms with E-state index in [0.717, 1.165) is 5.56 Å². The number of hydrogen-bond acceptors (Lipinski definition) is 5. The summed E-state index contributed by atoms with van der Waals surface area (Å²) in [5, 5.41) is 11.0. The standard InChI is InChI=1S/C27H34N4O5/c1-18(2)16-21-26(34)29-14-15-36-23-11-7-6-10-20(23)25(33)31-22(17-24(32)30-21)27(35)28-13-12-19-8-4-3-5-9-19/h3-11,18,21-22H,12-17H2,1-2H3,(H,28,35)(H,29,34)(H,30,32)(H,31,33)/t21-,22-/m0/s1. The Morgan fingerprint density at radius 1 is 1.03 bits per heavy atom. The van der Waals surface area contributed by atoms with Gasteiger partial charge in [-0.05, 0) is 36.5 Å². The summed E-state index contributed by atoms with van der Waals surface area (Å²) in [6.07, 6.45) is 0.724. The molecule has 9 nitrogen and oxygen atoms in total. The van der Waals surface area contributed by atoms with Crippen LogP contribution in [0.4, 0.5) is 0 Å². The maximum atomic E-state index is 13.1. The summed E-state index contributed by atoms with van der Waals surface area (Å²) < 4.78 is 5.73. The number of nitrogens with one attached hydrogen (secondary N) is 4. The van der Waals surface area contributed by atoms with Crippen molar-refractivity contribution in [2.75, 3.05) is 19.7 Å². The fraction of sp³-hybridized carbons (Fsp3) is 0.407. The highest BCUT2D eigenvalue weighted by atomic mass is 16.5. The van der Waals surface area contributed by atoms with E-state index in [9.17, 15) is 19.2 Å². The van der Waals surface area contributed by atoms with Crippen LogP contribution in [0.3, 0.4) is 0 Å². The molecule has 36 heavy (non-hydrogen) atoms. The summed E-state index contributed by atoms with van der Waals surface area (Å²) in [6, 6.07) is 14.4. The number of hydrogen-bond donors (Lipinski definition) is 4. The van der Waals surface area contributed by atoms with E-state index >= 15 is 0 Å². The number of carbonyl (C=O) groups is 4. The van der Waals surface area contributed by atoms with Gasteiger partial charge >= 0.3 is 0 Å². The molecule has 0 aromatic heterocycles. The van der Waals surface area contributed by atoms with Crippen LogP contribution in [0.1, 0.15) is 42.6 Å². The average Bonchev–Trinajstić information content (AvgIpc) is 2.85. The Kier molecular flexibility index (Phi) is 9.85. The lowest BCUT2D eigenvalue weighted by molar-refractivity contribution is -0.131. The van der Waals surface area contributed by atoms with E-state index in [0.29, 0.717) is 25.1 Å². The van der Waals surface area contributed by atoms with E-state index in [-0.39, 0.29) is 37.0 Å². The molecule has 0 unspecified atom stereocenters. The molecule has 1 aliphatic heterocycles. The van der Waals surface area contributed by atoms with Gasteiger partial charge in [-0.15, -0.1) is 0 Å². The van der Waals surface area contributed by atoms with Gasteiger partial charge < -0.3 is 26.0 Å². The molecular formula is C27H34N4O5. The van der Waals surface area contributed by atoms with Crippen molar-refractivity contribution in [3.05, 3.63) is 65.7 Å². The van der Waals surface area contributed by atoms with E-state index in [2.05, 4.69) is 21.3 Å². The maximum absolute atomic E-state index is 13.1. The van der Waals surface area contributed by atoms with Gasteiger partial charge in [0.25, 0.3) is 5.91 Å². The van der Waals surface area contributed by atoms with Crippen molar-refractivity contribution in [1.29, 1.82) is 0 Å². The Balaban J connectivity index is 1.79. The van der Waals surface area contributed by atoms with Crippen molar-refractivity contribution >= 4 is 23.6 Å². The lowest BCUT2D eigenvalue weighted by Crippen LogP contribution is -2.53. The zero-order valence-electron chi connectivity index (χ0n) is 20.7. The third-order valence-corrected chi connectivity index (χ3v) is 5.72. The lowest BCUT2D eigenvalue weighted by atomic mass is 10.0. The van der Waals surface area contributed by atoms with Crippen molar-refractivity contribution in [3.63, 3.8) is 0 Å². The van der Waals surface area contributed by atoms with Crippen molar-refractivity contribution in [1.82, 2.24) is 21.3 Å². The second kappa shape index (κ2) is 13.3. The predicted octanol–water partition coefficient (Wildman–Crippen LogP) is 1.57. The minimum Gasteiger partial charge on any atom is -0.491 e. The molecule has 192 valence electrons. The summed E-state index contributed by atoms with van der Waals surface area (Å²) in [5.41, 5.74) is 1.29. The van der Waals surface area contributed by atoms with Crippen LogP contribution in [0, 0.1) is 5.92 Å². The molecular weight excluding hydrogens is 460 g/mol. The fourth-order valence-corrected chi connectivity index (χ4v) is 3.92.